The van der Waals surface area contributed by atoms with Gasteiger partial charge in [-0.05, 0) is 6.92 Å². The van der Waals surface area contributed by atoms with Gasteiger partial charge < -0.3 is 10.0 Å². The van der Waals surface area contributed by atoms with Crippen molar-refractivity contribution in [1.82, 2.24) is 9.88 Å². The molecule has 1 aromatic heterocycles. The summed E-state index contributed by atoms with van der Waals surface area (Å²) in [6.07, 6.45) is 1.64. The molecule has 2 aromatic rings. The van der Waals surface area contributed by atoms with Crippen LogP contribution in [-0.4, -0.2) is 40.7 Å². The number of benzene rings is 1. The van der Waals surface area contributed by atoms with E-state index in [4.69, 9.17) is 5.11 Å². The molecule has 6 heteroatoms. The zero-order valence-electron chi connectivity index (χ0n) is 11.4. The van der Waals surface area contributed by atoms with E-state index in [1.807, 2.05) is 30.3 Å². The number of amides is 2. The Bertz CT molecular complexity index is 571. The molecular weight excluding hydrogens is 274 g/mol. The van der Waals surface area contributed by atoms with Gasteiger partial charge in [-0.25, -0.2) is 9.78 Å². The molecular formula is C14H17N3O2S. The Balaban J connectivity index is 2.05. The first-order chi connectivity index (χ1) is 9.61. The molecule has 0 aliphatic heterocycles. The Morgan fingerprint density at radius 3 is 2.80 bits per heavy atom. The summed E-state index contributed by atoms with van der Waals surface area (Å²) in [5, 5.41) is 13.4. The van der Waals surface area contributed by atoms with E-state index >= 15 is 0 Å². The number of carbonyl (C=O) groups excluding carboxylic acids is 1. The predicted octanol–water partition coefficient (Wildman–Crippen LogP) is 2.65. The van der Waals surface area contributed by atoms with Crippen molar-refractivity contribution in [1.29, 1.82) is 0 Å². The fourth-order valence-corrected chi connectivity index (χ4v) is 2.37. The first-order valence-electron chi connectivity index (χ1n) is 6.27. The number of nitrogens with one attached hydrogen (secondary N) is 1. The molecule has 1 unspecified atom stereocenters. The quantitative estimate of drug-likeness (QED) is 0.910. The SMILES string of the molecule is CC(CO)N(C)C(=O)Nc1cnc(-c2ccccc2)s1. The Kier molecular flexibility index (Phi) is 4.70. The van der Waals surface area contributed by atoms with E-state index < -0.39 is 0 Å². The maximum Gasteiger partial charge on any atom is 0.322 e. The predicted molar refractivity (Wildman–Crippen MR) is 80.9 cm³/mol. The lowest BCUT2D eigenvalue weighted by atomic mass is 10.2. The molecule has 0 aliphatic rings. The lowest BCUT2D eigenvalue weighted by Crippen LogP contribution is -2.39. The van der Waals surface area contributed by atoms with Crippen LogP contribution in [0.1, 0.15) is 6.92 Å². The summed E-state index contributed by atoms with van der Waals surface area (Å²) in [4.78, 5) is 17.7. The second-order valence-electron chi connectivity index (χ2n) is 4.47. The van der Waals surface area contributed by atoms with E-state index in [1.54, 1.807) is 20.2 Å². The van der Waals surface area contributed by atoms with Gasteiger partial charge in [-0.3, -0.25) is 5.32 Å². The molecule has 0 bridgehead atoms. The average molecular weight is 291 g/mol. The molecule has 2 rings (SSSR count). The number of aliphatic hydroxyl groups excluding tert-OH is 1. The number of thiazole rings is 1. The standard InChI is InChI=1S/C14H17N3O2S/c1-10(9-18)17(2)14(19)16-12-8-15-13(20-12)11-6-4-3-5-7-11/h3-8,10,18H,9H2,1-2H3,(H,16,19). The number of aromatic nitrogens is 1. The number of urea groups is 1. The Hall–Kier alpha value is -1.92. The lowest BCUT2D eigenvalue weighted by molar-refractivity contribution is 0.166. The maximum absolute atomic E-state index is 11.9. The summed E-state index contributed by atoms with van der Waals surface area (Å²) in [5.41, 5.74) is 1.02. The van der Waals surface area contributed by atoms with Crippen LogP contribution in [0.5, 0.6) is 0 Å². The number of carbonyl (C=O) groups is 1. The second-order valence-corrected chi connectivity index (χ2v) is 5.50. The molecule has 1 atom stereocenters. The minimum Gasteiger partial charge on any atom is -0.394 e. The third-order valence-electron chi connectivity index (χ3n) is 3.00. The van der Waals surface area contributed by atoms with Crippen molar-refractivity contribution >= 4 is 22.4 Å². The van der Waals surface area contributed by atoms with E-state index in [0.717, 1.165) is 10.6 Å². The fraction of sp³-hybridized carbons (Fsp3) is 0.286. The second kappa shape index (κ2) is 6.49. The topological polar surface area (TPSA) is 65.5 Å². The van der Waals surface area contributed by atoms with Gasteiger partial charge in [0.15, 0.2) is 0 Å². The molecule has 0 saturated carbocycles. The van der Waals surface area contributed by atoms with Crippen LogP contribution < -0.4 is 5.32 Å². The normalized spacial score (nSPS) is 11.9. The van der Waals surface area contributed by atoms with Crippen LogP contribution >= 0.6 is 11.3 Å². The van der Waals surface area contributed by atoms with Crippen LogP contribution in [0.3, 0.4) is 0 Å². The maximum atomic E-state index is 11.9. The van der Waals surface area contributed by atoms with E-state index in [9.17, 15) is 4.79 Å². The highest BCUT2D eigenvalue weighted by atomic mass is 32.1. The van der Waals surface area contributed by atoms with Gasteiger partial charge in [-0.1, -0.05) is 41.7 Å². The number of hydrogen-bond acceptors (Lipinski definition) is 4. The number of nitrogens with zero attached hydrogens (tertiary/aromatic N) is 2. The molecule has 0 fully saturated rings. The zero-order chi connectivity index (χ0) is 14.5. The van der Waals surface area contributed by atoms with Crippen molar-refractivity contribution < 1.29 is 9.90 Å². The van der Waals surface area contributed by atoms with Gasteiger partial charge in [0.25, 0.3) is 0 Å². The average Bonchev–Trinajstić information content (AvgIpc) is 2.95. The van der Waals surface area contributed by atoms with Gasteiger partial charge in [0.2, 0.25) is 0 Å². The van der Waals surface area contributed by atoms with Crippen LogP contribution in [0.25, 0.3) is 10.6 Å². The number of rotatable bonds is 4. The van der Waals surface area contributed by atoms with Crippen LogP contribution in [0.4, 0.5) is 9.80 Å². The number of likely N-dealkylation sites (N-methyl/N-ethyl adjacent to an activating group) is 1. The monoisotopic (exact) mass is 291 g/mol. The highest BCUT2D eigenvalue weighted by molar-refractivity contribution is 7.19. The Labute approximate surface area is 121 Å². The third-order valence-corrected chi connectivity index (χ3v) is 3.96. The van der Waals surface area contributed by atoms with Crippen molar-refractivity contribution in [3.63, 3.8) is 0 Å². The summed E-state index contributed by atoms with van der Waals surface area (Å²) >= 11 is 1.42. The van der Waals surface area contributed by atoms with Crippen molar-refractivity contribution in [3.8, 4) is 10.6 Å². The Morgan fingerprint density at radius 2 is 2.15 bits per heavy atom. The molecule has 0 aliphatic carbocycles. The molecule has 106 valence electrons. The molecule has 2 N–H and O–H groups in total. The molecule has 1 aromatic carbocycles. The molecule has 0 saturated heterocycles. The van der Waals surface area contributed by atoms with E-state index in [0.29, 0.717) is 5.00 Å². The van der Waals surface area contributed by atoms with Crippen LogP contribution in [0.2, 0.25) is 0 Å². The summed E-state index contributed by atoms with van der Waals surface area (Å²) in [6, 6.07) is 9.32. The minimum atomic E-state index is -0.255. The number of hydrogen-bond donors (Lipinski definition) is 2. The molecule has 1 heterocycles. The lowest BCUT2D eigenvalue weighted by Gasteiger charge is -2.22. The first-order valence-corrected chi connectivity index (χ1v) is 7.09. The zero-order valence-corrected chi connectivity index (χ0v) is 12.2. The van der Waals surface area contributed by atoms with Gasteiger partial charge in [-0.2, -0.15) is 0 Å². The van der Waals surface area contributed by atoms with Gasteiger partial charge in [0.1, 0.15) is 10.0 Å². The van der Waals surface area contributed by atoms with E-state index in [2.05, 4.69) is 10.3 Å². The molecule has 5 nitrogen and oxygen atoms in total. The van der Waals surface area contributed by atoms with Crippen molar-refractivity contribution in [3.05, 3.63) is 36.5 Å². The molecule has 0 radical (unpaired) electrons. The van der Waals surface area contributed by atoms with Crippen molar-refractivity contribution in [2.45, 2.75) is 13.0 Å². The highest BCUT2D eigenvalue weighted by Gasteiger charge is 2.16. The smallest absolute Gasteiger partial charge is 0.322 e. The van der Waals surface area contributed by atoms with Gasteiger partial charge in [0, 0.05) is 12.6 Å². The highest BCUT2D eigenvalue weighted by Crippen LogP contribution is 2.28. The molecule has 0 spiro atoms. The van der Waals surface area contributed by atoms with Crippen molar-refractivity contribution in [2.24, 2.45) is 0 Å². The van der Waals surface area contributed by atoms with Gasteiger partial charge in [-0.15, -0.1) is 0 Å². The van der Waals surface area contributed by atoms with Gasteiger partial charge in [0.05, 0.1) is 18.8 Å². The first kappa shape index (κ1) is 14.5. The minimum absolute atomic E-state index is 0.0676. The third kappa shape index (κ3) is 3.34. The van der Waals surface area contributed by atoms with E-state index in [1.165, 1.54) is 16.2 Å². The summed E-state index contributed by atoms with van der Waals surface area (Å²) < 4.78 is 0. The molecule has 2 amide bonds. The van der Waals surface area contributed by atoms with Crippen LogP contribution in [-0.2, 0) is 0 Å². The van der Waals surface area contributed by atoms with Crippen LogP contribution in [0.15, 0.2) is 36.5 Å². The summed E-state index contributed by atoms with van der Waals surface area (Å²) in [7, 11) is 1.65. The summed E-state index contributed by atoms with van der Waals surface area (Å²) in [5.74, 6) is 0. The van der Waals surface area contributed by atoms with Gasteiger partial charge >= 0.3 is 6.03 Å². The number of anilines is 1. The Morgan fingerprint density at radius 1 is 1.45 bits per heavy atom. The van der Waals surface area contributed by atoms with Crippen molar-refractivity contribution in [2.75, 3.05) is 19.0 Å². The fourth-order valence-electron chi connectivity index (χ4n) is 1.56. The number of aliphatic hydroxyl groups is 1. The largest absolute Gasteiger partial charge is 0.394 e. The molecule has 20 heavy (non-hydrogen) atoms. The van der Waals surface area contributed by atoms with Crippen LogP contribution in [0, 0.1) is 0 Å². The van der Waals surface area contributed by atoms with E-state index in [-0.39, 0.29) is 18.7 Å². The summed E-state index contributed by atoms with van der Waals surface area (Å²) in [6.45, 7) is 1.71.